The van der Waals surface area contributed by atoms with Gasteiger partial charge in [0.25, 0.3) is 0 Å². The van der Waals surface area contributed by atoms with Crippen LogP contribution in [0, 0.1) is 0 Å². The molecular formula is C42H40O2S2. The minimum absolute atomic E-state index is 0.0701. The van der Waals surface area contributed by atoms with Crippen LogP contribution in [-0.4, -0.2) is 11.6 Å². The normalized spacial score (nSPS) is 12.7. The fourth-order valence-electron chi connectivity index (χ4n) is 6.77. The molecule has 2 aromatic heterocycles. The molecule has 46 heavy (non-hydrogen) atoms. The van der Waals surface area contributed by atoms with Gasteiger partial charge in [0.1, 0.15) is 0 Å². The summed E-state index contributed by atoms with van der Waals surface area (Å²) in [5, 5.41) is 8.50. The Hall–Kier alpha value is -3.86. The first-order chi connectivity index (χ1) is 22.5. The van der Waals surface area contributed by atoms with Crippen molar-refractivity contribution in [2.45, 2.75) is 78.1 Å². The summed E-state index contributed by atoms with van der Waals surface area (Å²) in [6.07, 6.45) is 12.4. The van der Waals surface area contributed by atoms with Crippen LogP contribution in [-0.2, 0) is 12.8 Å². The van der Waals surface area contributed by atoms with Crippen LogP contribution in [0.2, 0.25) is 0 Å². The molecular weight excluding hydrogens is 601 g/mol. The maximum absolute atomic E-state index is 13.9. The molecule has 0 aliphatic heterocycles. The Morgan fingerprint density at radius 2 is 0.870 bits per heavy atom. The lowest BCUT2D eigenvalue weighted by Crippen LogP contribution is -2.20. The van der Waals surface area contributed by atoms with E-state index in [4.69, 9.17) is 0 Å². The molecule has 2 nitrogen and oxygen atoms in total. The number of carbonyl (C=O) groups excluding carboxylic acids is 2. The third kappa shape index (κ3) is 6.13. The van der Waals surface area contributed by atoms with Gasteiger partial charge in [-0.1, -0.05) is 76.6 Å². The number of hydrogen-bond acceptors (Lipinski definition) is 4. The van der Waals surface area contributed by atoms with Gasteiger partial charge in [-0.3, -0.25) is 9.59 Å². The standard InChI is InChI=1S/C42H40O2S2/c1-3-5-7-9-11-27-17-39(45-25-27)31-15-13-29-21-35-37(23-33(29)19-31)41(43)36-22-30-14-16-32(20-34(30)24-38(36)42(35)44)40-18-28(26-46-40)12-10-8-6-4-2/h13-26H,3-12H2,1-2H3. The summed E-state index contributed by atoms with van der Waals surface area (Å²) in [4.78, 5) is 30.3. The van der Waals surface area contributed by atoms with E-state index in [1.54, 1.807) is 22.7 Å². The van der Waals surface area contributed by atoms with Gasteiger partial charge in [-0.05, 0) is 129 Å². The summed E-state index contributed by atoms with van der Waals surface area (Å²) >= 11 is 3.56. The number of aryl methyl sites for hydroxylation is 2. The van der Waals surface area contributed by atoms with E-state index >= 15 is 0 Å². The maximum Gasteiger partial charge on any atom is 0.194 e. The van der Waals surface area contributed by atoms with Crippen LogP contribution in [0.15, 0.2) is 83.6 Å². The van der Waals surface area contributed by atoms with Gasteiger partial charge >= 0.3 is 0 Å². The Labute approximate surface area is 280 Å². The topological polar surface area (TPSA) is 34.1 Å². The minimum atomic E-state index is -0.0701. The summed E-state index contributed by atoms with van der Waals surface area (Å²) in [7, 11) is 0. The third-order valence-corrected chi connectivity index (χ3v) is 11.5. The number of unbranched alkanes of at least 4 members (excludes halogenated alkanes) is 6. The molecule has 1 aliphatic rings. The van der Waals surface area contributed by atoms with Gasteiger partial charge in [0, 0.05) is 32.0 Å². The molecule has 0 unspecified atom stereocenters. The van der Waals surface area contributed by atoms with Gasteiger partial charge in [-0.15, -0.1) is 22.7 Å². The molecule has 1 aliphatic carbocycles. The highest BCUT2D eigenvalue weighted by molar-refractivity contribution is 7.14. The number of thiophene rings is 2. The van der Waals surface area contributed by atoms with E-state index < -0.39 is 0 Å². The van der Waals surface area contributed by atoms with Gasteiger partial charge in [0.05, 0.1) is 0 Å². The molecule has 0 saturated heterocycles. The molecule has 0 spiro atoms. The Bertz CT molecular complexity index is 1930. The van der Waals surface area contributed by atoms with Crippen LogP contribution in [0.1, 0.15) is 108 Å². The molecule has 6 aromatic rings. The fraction of sp³-hybridized carbons (Fsp3) is 0.286. The fourth-order valence-corrected chi connectivity index (χ4v) is 8.66. The molecule has 7 rings (SSSR count). The molecule has 0 saturated carbocycles. The van der Waals surface area contributed by atoms with Gasteiger partial charge in [-0.25, -0.2) is 0 Å². The summed E-state index contributed by atoms with van der Waals surface area (Å²) in [6, 6.07) is 25.1. The number of fused-ring (bicyclic) bond motifs is 4. The highest BCUT2D eigenvalue weighted by Gasteiger charge is 2.30. The van der Waals surface area contributed by atoms with Crippen LogP contribution in [0.25, 0.3) is 42.4 Å². The first-order valence-corrected chi connectivity index (χ1v) is 18.7. The number of ketones is 2. The van der Waals surface area contributed by atoms with E-state index in [-0.39, 0.29) is 11.6 Å². The molecule has 232 valence electrons. The zero-order valence-electron chi connectivity index (χ0n) is 26.8. The van der Waals surface area contributed by atoms with Crippen molar-refractivity contribution in [2.24, 2.45) is 0 Å². The number of hydrogen-bond donors (Lipinski definition) is 0. The van der Waals surface area contributed by atoms with Crippen molar-refractivity contribution in [1.82, 2.24) is 0 Å². The van der Waals surface area contributed by atoms with E-state index in [9.17, 15) is 9.59 Å². The lowest BCUT2D eigenvalue weighted by atomic mass is 9.81. The Morgan fingerprint density at radius 3 is 1.28 bits per heavy atom. The average molecular weight is 641 g/mol. The van der Waals surface area contributed by atoms with Crippen LogP contribution in [0.5, 0.6) is 0 Å². The monoisotopic (exact) mass is 640 g/mol. The van der Waals surface area contributed by atoms with Crippen LogP contribution < -0.4 is 0 Å². The molecule has 0 N–H and O–H groups in total. The van der Waals surface area contributed by atoms with E-state index in [1.165, 1.54) is 72.2 Å². The summed E-state index contributed by atoms with van der Waals surface area (Å²) in [6.45, 7) is 4.49. The number of carbonyl (C=O) groups is 2. The maximum atomic E-state index is 13.9. The lowest BCUT2D eigenvalue weighted by molar-refractivity contribution is 0.0979. The predicted octanol–water partition coefficient (Wildman–Crippen LogP) is 12.5. The predicted molar refractivity (Wildman–Crippen MR) is 197 cm³/mol. The molecule has 4 heteroatoms. The third-order valence-electron chi connectivity index (χ3n) is 9.45. The first kappa shape index (κ1) is 30.8. The van der Waals surface area contributed by atoms with Crippen molar-refractivity contribution in [2.75, 3.05) is 0 Å². The van der Waals surface area contributed by atoms with Crippen LogP contribution in [0.4, 0.5) is 0 Å². The van der Waals surface area contributed by atoms with Gasteiger partial charge < -0.3 is 0 Å². The van der Waals surface area contributed by atoms with Crippen molar-refractivity contribution in [3.8, 4) is 20.9 Å². The molecule has 0 atom stereocenters. The van der Waals surface area contributed by atoms with Gasteiger partial charge in [0.15, 0.2) is 11.6 Å². The van der Waals surface area contributed by atoms with Crippen molar-refractivity contribution in [3.05, 3.63) is 117 Å². The van der Waals surface area contributed by atoms with Gasteiger partial charge in [0.2, 0.25) is 0 Å². The highest BCUT2D eigenvalue weighted by Crippen LogP contribution is 2.37. The number of rotatable bonds is 12. The van der Waals surface area contributed by atoms with Gasteiger partial charge in [-0.2, -0.15) is 0 Å². The smallest absolute Gasteiger partial charge is 0.194 e. The minimum Gasteiger partial charge on any atom is -0.289 e. The second-order valence-corrected chi connectivity index (χ2v) is 14.7. The van der Waals surface area contributed by atoms with E-state index in [0.29, 0.717) is 22.3 Å². The Morgan fingerprint density at radius 1 is 0.457 bits per heavy atom. The molecule has 0 fully saturated rings. The summed E-state index contributed by atoms with van der Waals surface area (Å²) in [5.74, 6) is -0.140. The van der Waals surface area contributed by atoms with E-state index in [2.05, 4.69) is 73.1 Å². The van der Waals surface area contributed by atoms with Crippen molar-refractivity contribution < 1.29 is 9.59 Å². The van der Waals surface area contributed by atoms with Crippen molar-refractivity contribution >= 4 is 55.8 Å². The Kier molecular flexibility index (Phi) is 9.01. The first-order valence-electron chi connectivity index (χ1n) is 16.9. The lowest BCUT2D eigenvalue weighted by Gasteiger charge is -2.19. The molecule has 2 heterocycles. The molecule has 0 amide bonds. The second kappa shape index (κ2) is 13.5. The number of benzene rings is 4. The van der Waals surface area contributed by atoms with Crippen molar-refractivity contribution in [1.29, 1.82) is 0 Å². The zero-order valence-corrected chi connectivity index (χ0v) is 28.4. The quantitative estimate of drug-likeness (QED) is 0.125. The van der Waals surface area contributed by atoms with E-state index in [1.807, 2.05) is 24.3 Å². The zero-order chi connectivity index (χ0) is 31.6. The van der Waals surface area contributed by atoms with Crippen molar-refractivity contribution in [3.63, 3.8) is 0 Å². The van der Waals surface area contributed by atoms with Crippen LogP contribution >= 0.6 is 22.7 Å². The second-order valence-electron chi connectivity index (χ2n) is 12.8. The summed E-state index contributed by atoms with van der Waals surface area (Å²) < 4.78 is 0. The SMILES string of the molecule is CCCCCCc1csc(-c2ccc3cc4c(cc3c2)C(=O)c2cc3ccc(-c5cc(CCCCCC)cs5)cc3cc2C4=O)c1. The average Bonchev–Trinajstić information content (AvgIpc) is 3.76. The summed E-state index contributed by atoms with van der Waals surface area (Å²) in [5.41, 5.74) is 7.13. The molecule has 0 bridgehead atoms. The highest BCUT2D eigenvalue weighted by atomic mass is 32.1. The van der Waals surface area contributed by atoms with E-state index in [0.717, 1.165) is 45.5 Å². The largest absolute Gasteiger partial charge is 0.289 e. The van der Waals surface area contributed by atoms with Crippen LogP contribution in [0.3, 0.4) is 0 Å². The Balaban J connectivity index is 1.16. The molecule has 4 aromatic carbocycles. The molecule has 0 radical (unpaired) electrons.